The molecule has 0 fully saturated rings. The first-order valence-corrected chi connectivity index (χ1v) is 18.9. The van der Waals surface area contributed by atoms with Crippen molar-refractivity contribution in [1.82, 2.24) is 9.13 Å². The Labute approximate surface area is 308 Å². The zero-order valence-electron chi connectivity index (χ0n) is 30.6. The number of hydrogen-bond donors (Lipinski definition) is 0. The number of benzene rings is 7. The molecule has 0 amide bonds. The van der Waals surface area contributed by atoms with Crippen LogP contribution < -0.4 is 0 Å². The number of fused-ring (bicyclic) bond motifs is 11. The Morgan fingerprint density at radius 1 is 0.415 bits per heavy atom. The normalized spacial score (nSPS) is 15.3. The van der Waals surface area contributed by atoms with Gasteiger partial charge in [-0.15, -0.1) is 0 Å². The highest BCUT2D eigenvalue weighted by Crippen LogP contribution is 2.50. The molecule has 0 bridgehead atoms. The number of para-hydroxylation sites is 3. The average Bonchev–Trinajstić information content (AvgIpc) is 3.84. The monoisotopic (exact) mass is 684 g/mol. The molecular formula is C50H40N2O. The Morgan fingerprint density at radius 2 is 0.962 bits per heavy atom. The Balaban J connectivity index is 1.22. The standard InChI is InChI=1S/C50H40N2O/c1-49(2)26-27-50(3,4)42-30-44-40(29-41(42)49)39-25-24-38-35-14-8-10-16-43(35)51(33-12-6-5-7-13-33)47(38)48(39)52(44)34-21-18-31(19-22-34)32-20-23-37-36-15-9-11-17-45(36)53-46(37)28-32/h5-25,28-30H,26-27H2,1-4H3. The van der Waals surface area contributed by atoms with E-state index in [1.54, 1.807) is 0 Å². The average molecular weight is 685 g/mol. The molecule has 0 N–H and O–H groups in total. The second-order valence-electron chi connectivity index (χ2n) is 16.4. The van der Waals surface area contributed by atoms with E-state index in [0.29, 0.717) is 0 Å². The predicted octanol–water partition coefficient (Wildman–Crippen LogP) is 13.8. The van der Waals surface area contributed by atoms with E-state index in [1.807, 2.05) is 12.1 Å². The summed E-state index contributed by atoms with van der Waals surface area (Å²) in [5.41, 5.74) is 14.6. The van der Waals surface area contributed by atoms with Gasteiger partial charge in [-0.25, -0.2) is 0 Å². The summed E-state index contributed by atoms with van der Waals surface area (Å²) in [4.78, 5) is 0. The highest BCUT2D eigenvalue weighted by molar-refractivity contribution is 6.24. The molecule has 3 aromatic heterocycles. The van der Waals surface area contributed by atoms with Crippen LogP contribution >= 0.6 is 0 Å². The van der Waals surface area contributed by atoms with Crippen molar-refractivity contribution in [1.29, 1.82) is 0 Å². The third kappa shape index (κ3) is 4.34. The van der Waals surface area contributed by atoms with Crippen LogP contribution in [0.3, 0.4) is 0 Å². The highest BCUT2D eigenvalue weighted by Gasteiger charge is 2.38. The first-order chi connectivity index (χ1) is 25.8. The van der Waals surface area contributed by atoms with Gasteiger partial charge in [0.05, 0.1) is 22.1 Å². The van der Waals surface area contributed by atoms with Crippen LogP contribution in [0.1, 0.15) is 51.7 Å². The van der Waals surface area contributed by atoms with Gasteiger partial charge < -0.3 is 13.6 Å². The molecule has 0 spiro atoms. The highest BCUT2D eigenvalue weighted by atomic mass is 16.3. The van der Waals surface area contributed by atoms with Crippen molar-refractivity contribution >= 4 is 65.6 Å². The van der Waals surface area contributed by atoms with Gasteiger partial charge in [0.15, 0.2) is 0 Å². The molecule has 3 heterocycles. The van der Waals surface area contributed by atoms with Gasteiger partial charge in [0.25, 0.3) is 0 Å². The first-order valence-electron chi connectivity index (χ1n) is 18.9. The number of nitrogens with zero attached hydrogens (tertiary/aromatic N) is 2. The van der Waals surface area contributed by atoms with E-state index in [1.165, 1.54) is 78.8 Å². The van der Waals surface area contributed by atoms with Crippen molar-refractivity contribution < 1.29 is 4.42 Å². The van der Waals surface area contributed by atoms with Crippen LogP contribution in [-0.4, -0.2) is 9.13 Å². The fourth-order valence-corrected chi connectivity index (χ4v) is 9.43. The number of rotatable bonds is 3. The molecule has 0 saturated carbocycles. The van der Waals surface area contributed by atoms with Gasteiger partial charge >= 0.3 is 0 Å². The van der Waals surface area contributed by atoms with E-state index in [4.69, 9.17) is 4.42 Å². The van der Waals surface area contributed by atoms with E-state index < -0.39 is 0 Å². The Bertz CT molecular complexity index is 3090. The number of hydrogen-bond acceptors (Lipinski definition) is 1. The van der Waals surface area contributed by atoms with E-state index in [9.17, 15) is 0 Å². The van der Waals surface area contributed by atoms with Gasteiger partial charge in [-0.2, -0.15) is 0 Å². The molecule has 10 aromatic rings. The molecule has 0 radical (unpaired) electrons. The Kier molecular flexibility index (Phi) is 6.19. The predicted molar refractivity (Wildman–Crippen MR) is 223 cm³/mol. The van der Waals surface area contributed by atoms with Crippen molar-refractivity contribution in [2.45, 2.75) is 51.4 Å². The van der Waals surface area contributed by atoms with Crippen LogP contribution in [0.4, 0.5) is 0 Å². The summed E-state index contributed by atoms with van der Waals surface area (Å²) in [6, 6.07) is 53.6. The fourth-order valence-electron chi connectivity index (χ4n) is 9.43. The van der Waals surface area contributed by atoms with Crippen LogP contribution in [-0.2, 0) is 10.8 Å². The largest absolute Gasteiger partial charge is 0.456 e. The van der Waals surface area contributed by atoms with Crippen molar-refractivity contribution in [3.8, 4) is 22.5 Å². The quantitative estimate of drug-likeness (QED) is 0.182. The van der Waals surface area contributed by atoms with Crippen LogP contribution in [0.15, 0.2) is 150 Å². The summed E-state index contributed by atoms with van der Waals surface area (Å²) in [6.07, 6.45) is 2.36. The van der Waals surface area contributed by atoms with Crippen LogP contribution in [0.25, 0.3) is 88.1 Å². The zero-order valence-corrected chi connectivity index (χ0v) is 30.6. The van der Waals surface area contributed by atoms with Crippen molar-refractivity contribution in [2.24, 2.45) is 0 Å². The third-order valence-electron chi connectivity index (χ3n) is 12.4. The van der Waals surface area contributed by atoms with Crippen LogP contribution in [0.2, 0.25) is 0 Å². The van der Waals surface area contributed by atoms with E-state index in [-0.39, 0.29) is 10.8 Å². The van der Waals surface area contributed by atoms with Gasteiger partial charge in [-0.05, 0) is 107 Å². The van der Waals surface area contributed by atoms with E-state index in [0.717, 1.165) is 33.2 Å². The lowest BCUT2D eigenvalue weighted by Gasteiger charge is -2.42. The zero-order chi connectivity index (χ0) is 35.6. The number of aromatic nitrogens is 2. The molecule has 0 atom stereocenters. The summed E-state index contributed by atoms with van der Waals surface area (Å²) in [5, 5.41) is 7.44. The Morgan fingerprint density at radius 3 is 1.72 bits per heavy atom. The third-order valence-corrected chi connectivity index (χ3v) is 12.4. The molecule has 0 unspecified atom stereocenters. The second-order valence-corrected chi connectivity index (χ2v) is 16.4. The lowest BCUT2D eigenvalue weighted by molar-refractivity contribution is 0.332. The maximum atomic E-state index is 6.28. The molecule has 1 aliphatic carbocycles. The van der Waals surface area contributed by atoms with E-state index in [2.05, 4.69) is 170 Å². The summed E-state index contributed by atoms with van der Waals surface area (Å²) in [7, 11) is 0. The van der Waals surface area contributed by atoms with Crippen LogP contribution in [0.5, 0.6) is 0 Å². The van der Waals surface area contributed by atoms with Gasteiger partial charge in [0.1, 0.15) is 11.2 Å². The van der Waals surface area contributed by atoms with Gasteiger partial charge in [-0.1, -0.05) is 113 Å². The van der Waals surface area contributed by atoms with Crippen molar-refractivity contribution in [3.05, 3.63) is 157 Å². The van der Waals surface area contributed by atoms with Gasteiger partial charge in [-0.3, -0.25) is 0 Å². The van der Waals surface area contributed by atoms with Crippen molar-refractivity contribution in [3.63, 3.8) is 0 Å². The van der Waals surface area contributed by atoms with E-state index >= 15 is 0 Å². The SMILES string of the molecule is CC1(C)CCC(C)(C)c2cc3c(cc21)c1ccc2c4ccccc4n(-c4ccccc4)c2c1n3-c1ccc(-c2ccc3c(c2)oc2ccccc23)cc1. The van der Waals surface area contributed by atoms with Gasteiger partial charge in [0.2, 0.25) is 0 Å². The lowest BCUT2D eigenvalue weighted by atomic mass is 9.63. The van der Waals surface area contributed by atoms with Crippen LogP contribution in [0, 0.1) is 0 Å². The Hall–Kier alpha value is -6.06. The molecule has 7 aromatic carbocycles. The smallest absolute Gasteiger partial charge is 0.136 e. The maximum absolute atomic E-state index is 6.28. The van der Waals surface area contributed by atoms with Gasteiger partial charge in [0, 0.05) is 43.7 Å². The summed E-state index contributed by atoms with van der Waals surface area (Å²) in [6.45, 7) is 9.72. The molecule has 3 nitrogen and oxygen atoms in total. The number of furan rings is 1. The minimum atomic E-state index is 0.0910. The first kappa shape index (κ1) is 30.6. The summed E-state index contributed by atoms with van der Waals surface area (Å²) >= 11 is 0. The molecule has 0 saturated heterocycles. The molecular weight excluding hydrogens is 645 g/mol. The molecule has 1 aliphatic rings. The second kappa shape index (κ2) is 10.7. The van der Waals surface area contributed by atoms with Crippen molar-refractivity contribution in [2.75, 3.05) is 0 Å². The molecule has 3 heteroatoms. The molecule has 11 rings (SSSR count). The summed E-state index contributed by atoms with van der Waals surface area (Å²) in [5.74, 6) is 0. The molecule has 53 heavy (non-hydrogen) atoms. The molecule has 256 valence electrons. The molecule has 0 aliphatic heterocycles. The topological polar surface area (TPSA) is 23.0 Å². The fraction of sp³-hybridized carbons (Fsp3) is 0.160. The lowest BCUT2D eigenvalue weighted by Crippen LogP contribution is -2.33. The summed E-state index contributed by atoms with van der Waals surface area (Å²) < 4.78 is 11.3. The maximum Gasteiger partial charge on any atom is 0.136 e. The minimum absolute atomic E-state index is 0.0910. The minimum Gasteiger partial charge on any atom is -0.456 e.